The van der Waals surface area contributed by atoms with E-state index < -0.39 is 0 Å². The lowest BCUT2D eigenvalue weighted by Crippen LogP contribution is -2.21. The summed E-state index contributed by atoms with van der Waals surface area (Å²) in [6, 6.07) is 3.90. The number of rotatable bonds is 1. The lowest BCUT2D eigenvalue weighted by molar-refractivity contribution is -0.115. The van der Waals surface area contributed by atoms with Crippen molar-refractivity contribution in [3.8, 4) is 0 Å². The summed E-state index contributed by atoms with van der Waals surface area (Å²) in [6.07, 6.45) is 1.79. The van der Waals surface area contributed by atoms with Crippen molar-refractivity contribution in [2.45, 2.75) is 6.92 Å². The normalized spacial score (nSPS) is 19.0. The molecule has 0 aromatic carbocycles. The van der Waals surface area contributed by atoms with Crippen molar-refractivity contribution < 1.29 is 4.79 Å². The maximum atomic E-state index is 11.2. The average Bonchev–Trinajstić information content (AvgIpc) is 2.63. The molecule has 1 aromatic rings. The van der Waals surface area contributed by atoms with Crippen molar-refractivity contribution in [1.82, 2.24) is 5.32 Å². The van der Waals surface area contributed by atoms with E-state index in [0.29, 0.717) is 11.5 Å². The van der Waals surface area contributed by atoms with Gasteiger partial charge in [-0.2, -0.15) is 0 Å². The molecule has 13 heavy (non-hydrogen) atoms. The zero-order valence-electron chi connectivity index (χ0n) is 7.07. The van der Waals surface area contributed by atoms with E-state index >= 15 is 0 Å². The average molecular weight is 192 g/mol. The van der Waals surface area contributed by atoms with E-state index in [0.717, 1.165) is 4.88 Å². The van der Waals surface area contributed by atoms with Gasteiger partial charge in [-0.3, -0.25) is 4.79 Å². The monoisotopic (exact) mass is 192 g/mol. The first-order chi connectivity index (χ1) is 6.25. The quantitative estimate of drug-likeness (QED) is 0.675. The lowest BCUT2D eigenvalue weighted by Gasteiger charge is -1.88. The van der Waals surface area contributed by atoms with E-state index in [1.54, 1.807) is 24.3 Å². The predicted octanol–water partition coefficient (Wildman–Crippen LogP) is 1.64. The van der Waals surface area contributed by atoms with Gasteiger partial charge < -0.3 is 5.32 Å². The summed E-state index contributed by atoms with van der Waals surface area (Å²) >= 11 is 1.59. The SMILES string of the molecule is CC1=N/C(=C/c2cccs2)C(=O)N1. The van der Waals surface area contributed by atoms with E-state index in [1.807, 2.05) is 17.5 Å². The molecule has 1 amide bonds. The maximum absolute atomic E-state index is 11.2. The lowest BCUT2D eigenvalue weighted by atomic mass is 10.3. The summed E-state index contributed by atoms with van der Waals surface area (Å²) in [6.45, 7) is 1.77. The van der Waals surface area contributed by atoms with Crippen molar-refractivity contribution in [2.75, 3.05) is 0 Å². The van der Waals surface area contributed by atoms with Gasteiger partial charge in [-0.15, -0.1) is 11.3 Å². The number of aliphatic imine (C=N–C) groups is 1. The van der Waals surface area contributed by atoms with E-state index in [1.165, 1.54) is 0 Å². The molecular weight excluding hydrogens is 184 g/mol. The number of nitrogens with zero attached hydrogens (tertiary/aromatic N) is 1. The van der Waals surface area contributed by atoms with E-state index in [2.05, 4.69) is 10.3 Å². The Bertz CT molecular complexity index is 390. The fourth-order valence-electron chi connectivity index (χ4n) is 1.09. The summed E-state index contributed by atoms with van der Waals surface area (Å²) in [5.41, 5.74) is 0.486. The van der Waals surface area contributed by atoms with Crippen LogP contribution in [-0.4, -0.2) is 11.7 Å². The van der Waals surface area contributed by atoms with Crippen molar-refractivity contribution in [1.29, 1.82) is 0 Å². The molecule has 0 saturated heterocycles. The summed E-state index contributed by atoms with van der Waals surface area (Å²) in [5, 5.41) is 4.59. The summed E-state index contributed by atoms with van der Waals surface area (Å²) in [7, 11) is 0. The third-order valence-electron chi connectivity index (χ3n) is 1.64. The van der Waals surface area contributed by atoms with Gasteiger partial charge in [-0.25, -0.2) is 4.99 Å². The number of carbonyl (C=O) groups excluding carboxylic acids is 1. The molecule has 0 fully saturated rings. The molecule has 0 radical (unpaired) electrons. The molecule has 0 spiro atoms. The van der Waals surface area contributed by atoms with Gasteiger partial charge in [0, 0.05) is 4.88 Å². The number of nitrogens with one attached hydrogen (secondary N) is 1. The molecule has 1 aliphatic rings. The zero-order chi connectivity index (χ0) is 9.26. The van der Waals surface area contributed by atoms with Crippen LogP contribution in [0.3, 0.4) is 0 Å². The van der Waals surface area contributed by atoms with Crippen LogP contribution in [0.1, 0.15) is 11.8 Å². The van der Waals surface area contributed by atoms with Gasteiger partial charge in [-0.1, -0.05) is 6.07 Å². The smallest absolute Gasteiger partial charge is 0.275 e. The van der Waals surface area contributed by atoms with Gasteiger partial charge >= 0.3 is 0 Å². The molecule has 0 aliphatic carbocycles. The van der Waals surface area contributed by atoms with Crippen LogP contribution >= 0.6 is 11.3 Å². The van der Waals surface area contributed by atoms with Crippen molar-refractivity contribution >= 4 is 29.2 Å². The first-order valence-electron chi connectivity index (χ1n) is 3.87. The first-order valence-corrected chi connectivity index (χ1v) is 4.75. The Balaban J connectivity index is 2.31. The predicted molar refractivity (Wildman–Crippen MR) is 53.5 cm³/mol. The number of hydrogen-bond acceptors (Lipinski definition) is 3. The third-order valence-corrected chi connectivity index (χ3v) is 2.46. The number of amidine groups is 1. The van der Waals surface area contributed by atoms with Crippen LogP contribution in [0.5, 0.6) is 0 Å². The van der Waals surface area contributed by atoms with Gasteiger partial charge in [-0.05, 0) is 24.4 Å². The van der Waals surface area contributed by atoms with Gasteiger partial charge in [0.05, 0.1) is 0 Å². The number of thiophene rings is 1. The largest absolute Gasteiger partial charge is 0.309 e. The van der Waals surface area contributed by atoms with Crippen LogP contribution in [0.15, 0.2) is 28.2 Å². The minimum Gasteiger partial charge on any atom is -0.309 e. The first kappa shape index (κ1) is 8.19. The Hall–Kier alpha value is -1.42. The summed E-state index contributed by atoms with van der Waals surface area (Å²) in [5.74, 6) is 0.540. The molecule has 3 nitrogen and oxygen atoms in total. The topological polar surface area (TPSA) is 41.5 Å². The molecule has 4 heteroatoms. The van der Waals surface area contributed by atoms with Gasteiger partial charge in [0.2, 0.25) is 0 Å². The Morgan fingerprint density at radius 2 is 2.46 bits per heavy atom. The molecule has 0 bridgehead atoms. The molecule has 66 valence electrons. The van der Waals surface area contributed by atoms with E-state index in [-0.39, 0.29) is 5.91 Å². The van der Waals surface area contributed by atoms with E-state index in [4.69, 9.17) is 0 Å². The number of amides is 1. The molecule has 0 atom stereocenters. The zero-order valence-corrected chi connectivity index (χ0v) is 7.89. The maximum Gasteiger partial charge on any atom is 0.275 e. The molecule has 0 unspecified atom stereocenters. The van der Waals surface area contributed by atoms with Crippen LogP contribution < -0.4 is 5.32 Å². The Morgan fingerprint density at radius 3 is 3.00 bits per heavy atom. The third kappa shape index (κ3) is 1.67. The summed E-state index contributed by atoms with van der Waals surface area (Å²) < 4.78 is 0. The van der Waals surface area contributed by atoms with Crippen LogP contribution in [0.2, 0.25) is 0 Å². The number of carbonyl (C=O) groups is 1. The standard InChI is InChI=1S/C9H8N2OS/c1-6-10-8(9(12)11-6)5-7-3-2-4-13-7/h2-5H,1H3,(H,10,11,12)/b8-5+. The molecule has 1 N–H and O–H groups in total. The minimum atomic E-state index is -0.120. The van der Waals surface area contributed by atoms with Crippen molar-refractivity contribution in [3.63, 3.8) is 0 Å². The highest BCUT2D eigenvalue weighted by Crippen LogP contribution is 2.15. The Kier molecular flexibility index (Phi) is 1.98. The Morgan fingerprint density at radius 1 is 1.62 bits per heavy atom. The van der Waals surface area contributed by atoms with Crippen LogP contribution in [0.25, 0.3) is 6.08 Å². The van der Waals surface area contributed by atoms with Gasteiger partial charge in [0.25, 0.3) is 5.91 Å². The minimum absolute atomic E-state index is 0.120. The molecule has 1 aromatic heterocycles. The second-order valence-electron chi connectivity index (χ2n) is 2.70. The van der Waals surface area contributed by atoms with Gasteiger partial charge in [0.1, 0.15) is 11.5 Å². The molecule has 2 heterocycles. The summed E-state index contributed by atoms with van der Waals surface area (Å²) in [4.78, 5) is 16.3. The molecule has 2 rings (SSSR count). The van der Waals surface area contributed by atoms with Crippen LogP contribution in [0, 0.1) is 0 Å². The number of hydrogen-bond donors (Lipinski definition) is 1. The van der Waals surface area contributed by atoms with Crippen LogP contribution in [-0.2, 0) is 4.79 Å². The highest BCUT2D eigenvalue weighted by molar-refractivity contribution is 7.10. The molecule has 1 aliphatic heterocycles. The second-order valence-corrected chi connectivity index (χ2v) is 3.68. The Labute approximate surface area is 79.8 Å². The molecule has 0 saturated carbocycles. The second kappa shape index (κ2) is 3.14. The molecular formula is C9H8N2OS. The van der Waals surface area contributed by atoms with Gasteiger partial charge in [0.15, 0.2) is 0 Å². The highest BCUT2D eigenvalue weighted by atomic mass is 32.1. The fourth-order valence-corrected chi connectivity index (χ4v) is 1.74. The van der Waals surface area contributed by atoms with Crippen molar-refractivity contribution in [2.24, 2.45) is 4.99 Å². The fraction of sp³-hybridized carbons (Fsp3) is 0.111. The van der Waals surface area contributed by atoms with E-state index in [9.17, 15) is 4.79 Å². The van der Waals surface area contributed by atoms with Crippen molar-refractivity contribution in [3.05, 3.63) is 28.1 Å². The highest BCUT2D eigenvalue weighted by Gasteiger charge is 2.16. The van der Waals surface area contributed by atoms with Crippen LogP contribution in [0.4, 0.5) is 0 Å².